The van der Waals surface area contributed by atoms with Crippen molar-refractivity contribution in [3.63, 3.8) is 0 Å². The van der Waals surface area contributed by atoms with Crippen LogP contribution in [0.15, 0.2) is 12.3 Å². The molecule has 2 rings (SSSR count). The highest BCUT2D eigenvalue weighted by Gasteiger charge is 2.12. The van der Waals surface area contributed by atoms with E-state index < -0.39 is 0 Å². The fourth-order valence-corrected chi connectivity index (χ4v) is 1.58. The summed E-state index contributed by atoms with van der Waals surface area (Å²) in [7, 11) is 3.90. The Morgan fingerprint density at radius 3 is 3.25 bits per heavy atom. The van der Waals surface area contributed by atoms with E-state index in [1.54, 1.807) is 6.20 Å². The van der Waals surface area contributed by atoms with Crippen LogP contribution >= 0.6 is 0 Å². The van der Waals surface area contributed by atoms with Crippen LogP contribution in [0.2, 0.25) is 0 Å². The van der Waals surface area contributed by atoms with E-state index in [1.807, 2.05) is 11.0 Å². The molecule has 0 fully saturated rings. The van der Waals surface area contributed by atoms with Crippen molar-refractivity contribution in [1.82, 2.24) is 9.88 Å². The molecule has 0 saturated heterocycles. The summed E-state index contributed by atoms with van der Waals surface area (Å²) in [6.07, 6.45) is 2.73. The van der Waals surface area contributed by atoms with Crippen molar-refractivity contribution >= 4 is 5.82 Å². The first-order valence-electron chi connectivity index (χ1n) is 4.05. The predicted octanol–water partition coefficient (Wildman–Crippen LogP) is 0.813. The van der Waals surface area contributed by atoms with Crippen LogP contribution in [0.4, 0.5) is 5.82 Å². The second kappa shape index (κ2) is 2.75. The number of hydrogen-bond donors (Lipinski definition) is 1. The largest absolute Gasteiger partial charge is 0.455 e. The molecule has 0 aliphatic carbocycles. The van der Waals surface area contributed by atoms with Gasteiger partial charge in [-0.15, -0.1) is 0 Å². The molecule has 1 aromatic rings. The number of nitrogens with two attached hydrogens (primary N) is 1. The third-order valence-corrected chi connectivity index (χ3v) is 2.26. The van der Waals surface area contributed by atoms with Crippen molar-refractivity contribution in [1.29, 1.82) is 0 Å². The number of fused-ring (bicyclic) bond motifs is 1. The molecule has 0 radical (unpaired) electrons. The molecule has 3 nitrogen and oxygen atoms in total. The predicted molar refractivity (Wildman–Crippen MR) is 48.1 cm³/mol. The second-order valence-electron chi connectivity index (χ2n) is 3.14. The number of aromatic nitrogens is 1. The SMILES string of the molecule is [CH2-]N1CCc2c(ccnc2N)C1. The first-order chi connectivity index (χ1) is 5.77. The Morgan fingerprint density at radius 2 is 2.42 bits per heavy atom. The summed E-state index contributed by atoms with van der Waals surface area (Å²) in [4.78, 5) is 6.10. The Bertz CT molecular complexity index is 296. The fourth-order valence-electron chi connectivity index (χ4n) is 1.58. The van der Waals surface area contributed by atoms with Gasteiger partial charge in [-0.3, -0.25) is 7.05 Å². The summed E-state index contributed by atoms with van der Waals surface area (Å²) in [6, 6.07) is 2.02. The Kier molecular flexibility index (Phi) is 1.73. The zero-order valence-corrected chi connectivity index (χ0v) is 6.95. The van der Waals surface area contributed by atoms with E-state index in [2.05, 4.69) is 12.0 Å². The van der Waals surface area contributed by atoms with Crippen LogP contribution < -0.4 is 5.73 Å². The lowest BCUT2D eigenvalue weighted by Crippen LogP contribution is -2.25. The molecule has 64 valence electrons. The number of pyridine rings is 1. The lowest BCUT2D eigenvalue weighted by molar-refractivity contribution is 0.347. The first kappa shape index (κ1) is 7.55. The van der Waals surface area contributed by atoms with Gasteiger partial charge < -0.3 is 10.6 Å². The summed E-state index contributed by atoms with van der Waals surface area (Å²) in [6.45, 7) is 1.87. The number of nitrogens with zero attached hydrogens (tertiary/aromatic N) is 2. The molecule has 0 amide bonds. The quantitative estimate of drug-likeness (QED) is 0.574. The van der Waals surface area contributed by atoms with Gasteiger partial charge in [0.15, 0.2) is 0 Å². The highest BCUT2D eigenvalue weighted by molar-refractivity contribution is 5.45. The Hall–Kier alpha value is -1.09. The molecule has 0 saturated carbocycles. The van der Waals surface area contributed by atoms with Gasteiger partial charge in [-0.25, -0.2) is 4.98 Å². The topological polar surface area (TPSA) is 42.2 Å². The highest BCUT2D eigenvalue weighted by atomic mass is 15.1. The molecule has 3 heteroatoms. The van der Waals surface area contributed by atoms with Gasteiger partial charge in [-0.1, -0.05) is 0 Å². The lowest BCUT2D eigenvalue weighted by atomic mass is 10.0. The van der Waals surface area contributed by atoms with Crippen LogP contribution in [0.3, 0.4) is 0 Å². The van der Waals surface area contributed by atoms with E-state index in [1.165, 1.54) is 11.1 Å². The normalized spacial score (nSPS) is 17.4. The van der Waals surface area contributed by atoms with Gasteiger partial charge in [0.05, 0.1) is 0 Å². The maximum absolute atomic E-state index is 5.74. The van der Waals surface area contributed by atoms with Crippen molar-refractivity contribution in [2.24, 2.45) is 0 Å². The van der Waals surface area contributed by atoms with Gasteiger partial charge in [0.1, 0.15) is 5.82 Å². The summed E-state index contributed by atoms with van der Waals surface area (Å²) in [5.41, 5.74) is 8.21. The summed E-state index contributed by atoms with van der Waals surface area (Å²) < 4.78 is 0. The molecule has 0 bridgehead atoms. The van der Waals surface area contributed by atoms with Crippen molar-refractivity contribution in [3.8, 4) is 0 Å². The maximum atomic E-state index is 5.74. The summed E-state index contributed by atoms with van der Waals surface area (Å²) >= 11 is 0. The second-order valence-corrected chi connectivity index (χ2v) is 3.14. The molecule has 1 aliphatic rings. The van der Waals surface area contributed by atoms with E-state index >= 15 is 0 Å². The van der Waals surface area contributed by atoms with E-state index in [0.29, 0.717) is 5.82 Å². The van der Waals surface area contributed by atoms with Crippen LogP contribution in [0.5, 0.6) is 0 Å². The van der Waals surface area contributed by atoms with Gasteiger partial charge in [-0.2, -0.15) is 0 Å². The number of anilines is 1. The molecule has 1 aromatic heterocycles. The lowest BCUT2D eigenvalue weighted by Gasteiger charge is -2.31. The molecular weight excluding hydrogens is 150 g/mol. The van der Waals surface area contributed by atoms with Crippen LogP contribution in [-0.4, -0.2) is 16.4 Å². The number of hydrogen-bond acceptors (Lipinski definition) is 3. The minimum absolute atomic E-state index is 0.681. The van der Waals surface area contributed by atoms with Crippen LogP contribution in [0.25, 0.3) is 0 Å². The molecule has 0 spiro atoms. The smallest absolute Gasteiger partial charge is 0.126 e. The van der Waals surface area contributed by atoms with Gasteiger partial charge in [0, 0.05) is 6.20 Å². The van der Waals surface area contributed by atoms with E-state index in [0.717, 1.165) is 19.5 Å². The minimum atomic E-state index is 0.681. The van der Waals surface area contributed by atoms with E-state index in [4.69, 9.17) is 5.73 Å². The van der Waals surface area contributed by atoms with E-state index in [9.17, 15) is 0 Å². The zero-order chi connectivity index (χ0) is 8.55. The molecule has 2 N–H and O–H groups in total. The molecule has 2 heterocycles. The van der Waals surface area contributed by atoms with Gasteiger partial charge in [0.2, 0.25) is 0 Å². The third-order valence-electron chi connectivity index (χ3n) is 2.26. The first-order valence-corrected chi connectivity index (χ1v) is 4.05. The van der Waals surface area contributed by atoms with Gasteiger partial charge in [-0.05, 0) is 36.7 Å². The van der Waals surface area contributed by atoms with Gasteiger partial charge in [0.25, 0.3) is 0 Å². The molecule has 0 aromatic carbocycles. The number of rotatable bonds is 0. The maximum Gasteiger partial charge on any atom is 0.126 e. The zero-order valence-electron chi connectivity index (χ0n) is 6.95. The van der Waals surface area contributed by atoms with E-state index in [-0.39, 0.29) is 0 Å². The Labute approximate surface area is 72.2 Å². The molecule has 0 unspecified atom stereocenters. The third kappa shape index (κ3) is 1.16. The van der Waals surface area contributed by atoms with Crippen molar-refractivity contribution in [2.45, 2.75) is 13.0 Å². The van der Waals surface area contributed by atoms with Crippen molar-refractivity contribution in [3.05, 3.63) is 30.4 Å². The standard InChI is InChI=1S/C9H12N3/c1-12-5-3-8-7(6-12)2-4-11-9(8)10/h2,4H,1,3,5-6H2,(H2,10,11)/q-1. The monoisotopic (exact) mass is 162 g/mol. The fraction of sp³-hybridized carbons (Fsp3) is 0.333. The average molecular weight is 162 g/mol. The average Bonchev–Trinajstić information content (AvgIpc) is 2.04. The summed E-state index contributed by atoms with van der Waals surface area (Å²) in [5.74, 6) is 0.681. The molecule has 12 heavy (non-hydrogen) atoms. The van der Waals surface area contributed by atoms with Crippen LogP contribution in [0.1, 0.15) is 11.1 Å². The van der Waals surface area contributed by atoms with Gasteiger partial charge >= 0.3 is 0 Å². The Morgan fingerprint density at radius 1 is 1.58 bits per heavy atom. The highest BCUT2D eigenvalue weighted by Crippen LogP contribution is 2.21. The molecular formula is C9H12N3-. The summed E-state index contributed by atoms with van der Waals surface area (Å²) in [5, 5.41) is 0. The van der Waals surface area contributed by atoms with Crippen molar-refractivity contribution in [2.75, 3.05) is 12.3 Å². The number of nitrogen functional groups attached to an aromatic ring is 1. The Balaban J connectivity index is 2.42. The minimum Gasteiger partial charge on any atom is -0.455 e. The van der Waals surface area contributed by atoms with Crippen molar-refractivity contribution < 1.29 is 0 Å². The molecule has 1 aliphatic heterocycles. The van der Waals surface area contributed by atoms with Crippen LogP contribution in [-0.2, 0) is 13.0 Å². The molecule has 0 atom stereocenters. The van der Waals surface area contributed by atoms with Crippen LogP contribution in [0, 0.1) is 7.05 Å².